The van der Waals surface area contributed by atoms with Crippen LogP contribution in [0.1, 0.15) is 29.8 Å². The third kappa shape index (κ3) is 3.16. The molecule has 0 radical (unpaired) electrons. The summed E-state index contributed by atoms with van der Waals surface area (Å²) in [7, 11) is 0. The van der Waals surface area contributed by atoms with Crippen LogP contribution >= 0.6 is 23.7 Å². The van der Waals surface area contributed by atoms with Crippen molar-refractivity contribution in [1.29, 1.82) is 0 Å². The van der Waals surface area contributed by atoms with E-state index in [4.69, 9.17) is 0 Å². The Morgan fingerprint density at radius 3 is 2.78 bits per heavy atom. The van der Waals surface area contributed by atoms with E-state index in [1.807, 2.05) is 28.5 Å². The van der Waals surface area contributed by atoms with Crippen LogP contribution in [0, 0.1) is 5.41 Å². The number of rotatable bonds is 2. The fraction of sp³-hybridized carbons (Fsp3) is 0.500. The number of thiophene rings is 1. The van der Waals surface area contributed by atoms with Crippen molar-refractivity contribution in [2.75, 3.05) is 26.2 Å². The first-order chi connectivity index (χ1) is 10.8. The number of nitrogens with zero attached hydrogens (tertiary/aromatic N) is 2. The van der Waals surface area contributed by atoms with Crippen molar-refractivity contribution >= 4 is 29.7 Å². The number of hydrogen-bond acceptors (Lipinski definition) is 4. The number of piperidine rings is 1. The number of amides is 1. The zero-order chi connectivity index (χ0) is 15.0. The molecule has 0 saturated carbocycles. The second kappa shape index (κ2) is 6.63. The average Bonchev–Trinajstić information content (AvgIpc) is 3.29. The Morgan fingerprint density at radius 1 is 1.30 bits per heavy atom. The van der Waals surface area contributed by atoms with Crippen molar-refractivity contribution in [3.63, 3.8) is 0 Å². The van der Waals surface area contributed by atoms with E-state index in [0.717, 1.165) is 49.6 Å². The summed E-state index contributed by atoms with van der Waals surface area (Å²) in [6.45, 7) is 3.93. The molecule has 4 rings (SSSR count). The predicted octanol–water partition coefficient (Wildman–Crippen LogP) is 2.78. The monoisotopic (exact) mass is 352 g/mol. The van der Waals surface area contributed by atoms with Gasteiger partial charge in [-0.1, -0.05) is 6.07 Å². The van der Waals surface area contributed by atoms with Gasteiger partial charge in [0.05, 0.1) is 10.6 Å². The van der Waals surface area contributed by atoms with Crippen LogP contribution in [-0.4, -0.2) is 47.2 Å². The first-order valence-electron chi connectivity index (χ1n) is 7.85. The van der Waals surface area contributed by atoms with Gasteiger partial charge in [0, 0.05) is 19.6 Å². The SMILES string of the molecule is Cl.O=C(c1cc(-c2cccs2)[nH]n1)N1CCC2(CCNC2)CC1. The lowest BCUT2D eigenvalue weighted by molar-refractivity contribution is 0.0602. The van der Waals surface area contributed by atoms with Gasteiger partial charge in [0.1, 0.15) is 0 Å². The number of nitrogens with one attached hydrogen (secondary N) is 2. The molecule has 23 heavy (non-hydrogen) atoms. The molecule has 2 aromatic rings. The number of H-pyrrole nitrogens is 1. The van der Waals surface area contributed by atoms with Gasteiger partial charge in [0.2, 0.25) is 0 Å². The lowest BCUT2D eigenvalue weighted by Gasteiger charge is -2.38. The normalized spacial score (nSPS) is 19.7. The van der Waals surface area contributed by atoms with Crippen LogP contribution in [0.2, 0.25) is 0 Å². The summed E-state index contributed by atoms with van der Waals surface area (Å²) in [4.78, 5) is 15.7. The fourth-order valence-electron chi connectivity index (χ4n) is 3.56. The molecule has 4 heterocycles. The summed E-state index contributed by atoms with van der Waals surface area (Å²) in [6, 6.07) is 5.90. The third-order valence-corrected chi connectivity index (χ3v) is 5.93. The summed E-state index contributed by atoms with van der Waals surface area (Å²) in [6.07, 6.45) is 3.46. The van der Waals surface area contributed by atoms with Crippen molar-refractivity contribution in [2.45, 2.75) is 19.3 Å². The second-order valence-electron chi connectivity index (χ2n) is 6.36. The second-order valence-corrected chi connectivity index (χ2v) is 7.31. The van der Waals surface area contributed by atoms with Crippen LogP contribution < -0.4 is 5.32 Å². The van der Waals surface area contributed by atoms with Gasteiger partial charge in [0.15, 0.2) is 5.69 Å². The molecule has 1 spiro atoms. The van der Waals surface area contributed by atoms with Crippen molar-refractivity contribution in [2.24, 2.45) is 5.41 Å². The number of halogens is 1. The van der Waals surface area contributed by atoms with Crippen LogP contribution in [0.5, 0.6) is 0 Å². The lowest BCUT2D eigenvalue weighted by Crippen LogP contribution is -2.44. The largest absolute Gasteiger partial charge is 0.337 e. The van der Waals surface area contributed by atoms with E-state index in [-0.39, 0.29) is 18.3 Å². The molecule has 2 aliphatic heterocycles. The van der Waals surface area contributed by atoms with E-state index in [0.29, 0.717) is 11.1 Å². The van der Waals surface area contributed by atoms with Crippen LogP contribution in [0.3, 0.4) is 0 Å². The van der Waals surface area contributed by atoms with Crippen molar-refractivity contribution < 1.29 is 4.79 Å². The quantitative estimate of drug-likeness (QED) is 0.873. The van der Waals surface area contributed by atoms with E-state index in [1.165, 1.54) is 6.42 Å². The summed E-state index contributed by atoms with van der Waals surface area (Å²) >= 11 is 1.65. The highest BCUT2D eigenvalue weighted by Gasteiger charge is 2.38. The fourth-order valence-corrected chi connectivity index (χ4v) is 4.25. The maximum absolute atomic E-state index is 12.6. The maximum Gasteiger partial charge on any atom is 0.274 e. The van der Waals surface area contributed by atoms with Crippen LogP contribution in [-0.2, 0) is 0 Å². The Balaban J connectivity index is 0.00000156. The number of carbonyl (C=O) groups is 1. The van der Waals surface area contributed by atoms with Crippen molar-refractivity contribution in [3.8, 4) is 10.6 Å². The highest BCUT2D eigenvalue weighted by atomic mass is 35.5. The molecule has 0 atom stereocenters. The minimum absolute atomic E-state index is 0. The molecule has 2 N–H and O–H groups in total. The minimum Gasteiger partial charge on any atom is -0.337 e. The Bertz CT molecular complexity index is 653. The minimum atomic E-state index is 0. The molecule has 0 aromatic carbocycles. The molecule has 124 valence electrons. The highest BCUT2D eigenvalue weighted by Crippen LogP contribution is 2.37. The number of aromatic nitrogens is 2. The van der Waals surface area contributed by atoms with Crippen LogP contribution in [0.4, 0.5) is 0 Å². The van der Waals surface area contributed by atoms with E-state index in [9.17, 15) is 4.79 Å². The third-order valence-electron chi connectivity index (χ3n) is 5.03. The molecular formula is C16H21ClN4OS. The first-order valence-corrected chi connectivity index (χ1v) is 8.73. The molecule has 7 heteroatoms. The summed E-state index contributed by atoms with van der Waals surface area (Å²) in [5.41, 5.74) is 1.89. The van der Waals surface area contributed by atoms with E-state index in [1.54, 1.807) is 11.3 Å². The van der Waals surface area contributed by atoms with Crippen LogP contribution in [0.15, 0.2) is 23.6 Å². The molecule has 0 unspecified atom stereocenters. The summed E-state index contributed by atoms with van der Waals surface area (Å²) in [5, 5.41) is 12.7. The zero-order valence-electron chi connectivity index (χ0n) is 12.9. The Kier molecular flexibility index (Phi) is 4.75. The molecular weight excluding hydrogens is 332 g/mol. The van der Waals surface area contributed by atoms with Crippen molar-refractivity contribution in [3.05, 3.63) is 29.3 Å². The summed E-state index contributed by atoms with van der Waals surface area (Å²) in [5.74, 6) is 0.0554. The zero-order valence-corrected chi connectivity index (χ0v) is 14.5. The maximum atomic E-state index is 12.6. The van der Waals surface area contributed by atoms with Gasteiger partial charge in [-0.25, -0.2) is 0 Å². The molecule has 0 aliphatic carbocycles. The molecule has 2 aromatic heterocycles. The van der Waals surface area contributed by atoms with Gasteiger partial charge in [-0.3, -0.25) is 9.89 Å². The lowest BCUT2D eigenvalue weighted by atomic mass is 9.78. The smallest absolute Gasteiger partial charge is 0.274 e. The average molecular weight is 353 g/mol. The number of hydrogen-bond donors (Lipinski definition) is 2. The molecule has 1 amide bonds. The molecule has 2 aliphatic rings. The van der Waals surface area contributed by atoms with Crippen molar-refractivity contribution in [1.82, 2.24) is 20.4 Å². The molecule has 5 nitrogen and oxygen atoms in total. The van der Waals surface area contributed by atoms with Gasteiger partial charge in [-0.15, -0.1) is 23.7 Å². The number of aromatic amines is 1. The van der Waals surface area contributed by atoms with Gasteiger partial charge < -0.3 is 10.2 Å². The Hall–Kier alpha value is -1.37. The number of carbonyl (C=O) groups excluding carboxylic acids is 1. The standard InChI is InChI=1S/C16H20N4OS.ClH/c21-15(13-10-12(18-19-13)14-2-1-9-22-14)20-7-4-16(5-8-20)3-6-17-11-16;/h1-2,9-10,17H,3-8,11H2,(H,18,19);1H. The van der Waals surface area contributed by atoms with Gasteiger partial charge in [-0.05, 0) is 48.7 Å². The first kappa shape index (κ1) is 16.5. The molecule has 0 bridgehead atoms. The van der Waals surface area contributed by atoms with Gasteiger partial charge in [-0.2, -0.15) is 5.10 Å². The van der Waals surface area contributed by atoms with E-state index < -0.39 is 0 Å². The van der Waals surface area contributed by atoms with E-state index in [2.05, 4.69) is 15.5 Å². The Labute approximate surface area is 145 Å². The Morgan fingerprint density at radius 2 is 2.13 bits per heavy atom. The molecule has 2 saturated heterocycles. The van der Waals surface area contributed by atoms with E-state index >= 15 is 0 Å². The van der Waals surface area contributed by atoms with Crippen LogP contribution in [0.25, 0.3) is 10.6 Å². The predicted molar refractivity (Wildman–Crippen MR) is 94.2 cm³/mol. The highest BCUT2D eigenvalue weighted by molar-refractivity contribution is 7.13. The van der Waals surface area contributed by atoms with Gasteiger partial charge in [0.25, 0.3) is 5.91 Å². The summed E-state index contributed by atoms with van der Waals surface area (Å²) < 4.78 is 0. The van der Waals surface area contributed by atoms with Gasteiger partial charge >= 0.3 is 0 Å². The topological polar surface area (TPSA) is 61.0 Å². The molecule has 2 fully saturated rings. The number of likely N-dealkylation sites (tertiary alicyclic amines) is 1.